The summed E-state index contributed by atoms with van der Waals surface area (Å²) in [6, 6.07) is 3.81. The van der Waals surface area contributed by atoms with E-state index in [2.05, 4.69) is 11.9 Å². The second-order valence-corrected chi connectivity index (χ2v) is 8.39. The minimum Gasteiger partial charge on any atom is -0.478 e. The summed E-state index contributed by atoms with van der Waals surface area (Å²) >= 11 is 0. The molecule has 1 N–H and O–H groups in total. The Balaban J connectivity index is 1.77. The van der Waals surface area contributed by atoms with Gasteiger partial charge in [0.15, 0.2) is 0 Å². The van der Waals surface area contributed by atoms with Gasteiger partial charge in [-0.15, -0.1) is 0 Å². The molecule has 2 aliphatic rings. The van der Waals surface area contributed by atoms with Gasteiger partial charge in [0, 0.05) is 25.2 Å². The first-order valence-corrected chi connectivity index (χ1v) is 9.49. The molecular formula is C16H21FN2O4S. The normalized spacial score (nSPS) is 20.5. The van der Waals surface area contributed by atoms with Crippen LogP contribution in [0, 0.1) is 5.82 Å². The molecular weight excluding hydrogens is 335 g/mol. The number of sulfonamides is 1. The van der Waals surface area contributed by atoms with Gasteiger partial charge in [0.05, 0.1) is 5.56 Å². The number of carbonyl (C=O) groups is 1. The van der Waals surface area contributed by atoms with Crippen LogP contribution in [0.5, 0.6) is 0 Å². The molecule has 6 nitrogen and oxygen atoms in total. The molecule has 0 radical (unpaired) electrons. The molecule has 0 unspecified atom stereocenters. The van der Waals surface area contributed by atoms with E-state index in [1.165, 1.54) is 17.1 Å². The fourth-order valence-electron chi connectivity index (χ4n) is 3.24. The van der Waals surface area contributed by atoms with Crippen molar-refractivity contribution in [3.8, 4) is 0 Å². The molecule has 0 amide bonds. The van der Waals surface area contributed by atoms with Crippen LogP contribution in [0.4, 0.5) is 4.39 Å². The van der Waals surface area contributed by atoms with Crippen LogP contribution in [-0.2, 0) is 10.0 Å². The van der Waals surface area contributed by atoms with E-state index in [1.807, 2.05) is 0 Å². The van der Waals surface area contributed by atoms with Gasteiger partial charge in [-0.1, -0.05) is 0 Å². The summed E-state index contributed by atoms with van der Waals surface area (Å²) in [6.45, 7) is 0.640. The maximum absolute atomic E-state index is 14.0. The topological polar surface area (TPSA) is 77.9 Å². The summed E-state index contributed by atoms with van der Waals surface area (Å²) in [7, 11) is -1.95. The lowest BCUT2D eigenvalue weighted by atomic mass is 10.1. The van der Waals surface area contributed by atoms with Crippen molar-refractivity contribution in [3.63, 3.8) is 0 Å². The molecule has 8 heteroatoms. The fourth-order valence-corrected chi connectivity index (χ4v) is 4.80. The van der Waals surface area contributed by atoms with Crippen LogP contribution >= 0.6 is 0 Å². The van der Waals surface area contributed by atoms with Crippen LogP contribution in [-0.4, -0.2) is 60.9 Å². The lowest BCUT2D eigenvalue weighted by Crippen LogP contribution is -2.46. The van der Waals surface area contributed by atoms with Crippen molar-refractivity contribution in [1.82, 2.24) is 9.21 Å². The Hall–Kier alpha value is -1.51. The van der Waals surface area contributed by atoms with Crippen LogP contribution in [0.15, 0.2) is 23.1 Å². The molecule has 1 aliphatic carbocycles. The zero-order chi connectivity index (χ0) is 17.5. The summed E-state index contributed by atoms with van der Waals surface area (Å²) in [5, 5.41) is 8.99. The van der Waals surface area contributed by atoms with Crippen molar-refractivity contribution in [2.45, 2.75) is 42.7 Å². The zero-order valence-electron chi connectivity index (χ0n) is 13.5. The van der Waals surface area contributed by atoms with Gasteiger partial charge in [-0.05, 0) is 50.9 Å². The SMILES string of the molecule is CN(C1CC1)C1CCN(S(=O)(=O)c2cc(C(=O)O)ccc2F)CC1. The van der Waals surface area contributed by atoms with E-state index >= 15 is 0 Å². The monoisotopic (exact) mass is 356 g/mol. The molecule has 1 heterocycles. The summed E-state index contributed by atoms with van der Waals surface area (Å²) in [5.41, 5.74) is -0.238. The predicted molar refractivity (Wildman–Crippen MR) is 85.9 cm³/mol. The van der Waals surface area contributed by atoms with Crippen LogP contribution in [0.1, 0.15) is 36.0 Å². The molecule has 1 saturated carbocycles. The van der Waals surface area contributed by atoms with Crippen molar-refractivity contribution >= 4 is 16.0 Å². The highest BCUT2D eigenvalue weighted by Crippen LogP contribution is 2.31. The highest BCUT2D eigenvalue weighted by Gasteiger charge is 2.36. The molecule has 0 bridgehead atoms. The van der Waals surface area contributed by atoms with Crippen molar-refractivity contribution in [2.24, 2.45) is 0 Å². The number of carboxylic acids is 1. The quantitative estimate of drug-likeness (QED) is 0.870. The highest BCUT2D eigenvalue weighted by molar-refractivity contribution is 7.89. The van der Waals surface area contributed by atoms with E-state index < -0.39 is 26.7 Å². The number of hydrogen-bond acceptors (Lipinski definition) is 4. The zero-order valence-corrected chi connectivity index (χ0v) is 14.3. The summed E-state index contributed by atoms with van der Waals surface area (Å²) in [5.74, 6) is -2.20. The van der Waals surface area contributed by atoms with E-state index in [0.29, 0.717) is 38.0 Å². The first kappa shape index (κ1) is 17.3. The number of nitrogens with zero attached hydrogens (tertiary/aromatic N) is 2. The molecule has 3 rings (SSSR count). The van der Waals surface area contributed by atoms with Crippen molar-refractivity contribution in [1.29, 1.82) is 0 Å². The van der Waals surface area contributed by atoms with Gasteiger partial charge in [-0.2, -0.15) is 4.31 Å². The minimum absolute atomic E-state index is 0.238. The third kappa shape index (κ3) is 3.31. The molecule has 1 aromatic rings. The Labute approximate surface area is 140 Å². The maximum atomic E-state index is 14.0. The van der Waals surface area contributed by atoms with E-state index in [0.717, 1.165) is 18.2 Å². The second-order valence-electron chi connectivity index (χ2n) is 6.48. The molecule has 132 valence electrons. The first-order valence-electron chi connectivity index (χ1n) is 8.05. The summed E-state index contributed by atoms with van der Waals surface area (Å²) in [4.78, 5) is 12.8. The smallest absolute Gasteiger partial charge is 0.335 e. The van der Waals surface area contributed by atoms with Crippen molar-refractivity contribution < 1.29 is 22.7 Å². The van der Waals surface area contributed by atoms with Gasteiger partial charge >= 0.3 is 5.97 Å². The van der Waals surface area contributed by atoms with Crippen LogP contribution < -0.4 is 0 Å². The molecule has 0 atom stereocenters. The highest BCUT2D eigenvalue weighted by atomic mass is 32.2. The van der Waals surface area contributed by atoms with Gasteiger partial charge in [0.1, 0.15) is 10.7 Å². The van der Waals surface area contributed by atoms with E-state index in [9.17, 15) is 17.6 Å². The van der Waals surface area contributed by atoms with Gasteiger partial charge < -0.3 is 10.0 Å². The number of rotatable bonds is 5. The van der Waals surface area contributed by atoms with Crippen LogP contribution in [0.3, 0.4) is 0 Å². The maximum Gasteiger partial charge on any atom is 0.335 e. The number of halogens is 1. The third-order valence-electron chi connectivity index (χ3n) is 4.92. The summed E-state index contributed by atoms with van der Waals surface area (Å²) in [6.07, 6.45) is 3.79. The minimum atomic E-state index is -4.03. The Morgan fingerprint density at radius 1 is 1.21 bits per heavy atom. The van der Waals surface area contributed by atoms with E-state index in [4.69, 9.17) is 5.11 Å². The molecule has 0 spiro atoms. The predicted octanol–water partition coefficient (Wildman–Crippen LogP) is 1.77. The van der Waals surface area contributed by atoms with Crippen LogP contribution in [0.2, 0.25) is 0 Å². The lowest BCUT2D eigenvalue weighted by molar-refractivity contribution is 0.0696. The number of carboxylic acid groups (broad SMARTS) is 1. The molecule has 0 aromatic heterocycles. The largest absolute Gasteiger partial charge is 0.478 e. The molecule has 1 aliphatic heterocycles. The Morgan fingerprint density at radius 2 is 1.79 bits per heavy atom. The average Bonchev–Trinajstić information content (AvgIpc) is 3.39. The molecule has 2 fully saturated rings. The fraction of sp³-hybridized carbons (Fsp3) is 0.562. The van der Waals surface area contributed by atoms with Gasteiger partial charge in [0.2, 0.25) is 10.0 Å². The number of aromatic carboxylic acids is 1. The standard InChI is InChI=1S/C16H21FN2O4S/c1-18(12-3-4-12)13-6-8-19(9-7-13)24(22,23)15-10-11(16(20)21)2-5-14(15)17/h2,5,10,12-13H,3-4,6-9H2,1H3,(H,20,21). The van der Waals surface area contributed by atoms with Gasteiger partial charge in [-0.3, -0.25) is 0 Å². The van der Waals surface area contributed by atoms with Crippen LogP contribution in [0.25, 0.3) is 0 Å². The molecule has 1 aromatic carbocycles. The Kier molecular flexibility index (Phi) is 4.63. The summed E-state index contributed by atoms with van der Waals surface area (Å²) < 4.78 is 40.6. The van der Waals surface area contributed by atoms with Gasteiger partial charge in [-0.25, -0.2) is 17.6 Å². The lowest BCUT2D eigenvalue weighted by Gasteiger charge is -2.36. The van der Waals surface area contributed by atoms with Gasteiger partial charge in [0.25, 0.3) is 0 Å². The first-order chi connectivity index (χ1) is 11.3. The van der Waals surface area contributed by atoms with Crippen molar-refractivity contribution in [2.75, 3.05) is 20.1 Å². The van der Waals surface area contributed by atoms with Crippen molar-refractivity contribution in [3.05, 3.63) is 29.6 Å². The van der Waals surface area contributed by atoms with E-state index in [-0.39, 0.29) is 5.56 Å². The second kappa shape index (κ2) is 6.42. The Bertz CT molecular complexity index is 740. The van der Waals surface area contributed by atoms with E-state index in [1.54, 1.807) is 0 Å². The number of piperidine rings is 1. The average molecular weight is 356 g/mol. The molecule has 1 saturated heterocycles. The number of benzene rings is 1. The third-order valence-corrected chi connectivity index (χ3v) is 6.83. The Morgan fingerprint density at radius 3 is 2.33 bits per heavy atom. The number of hydrogen-bond donors (Lipinski definition) is 1. The molecule has 24 heavy (non-hydrogen) atoms.